The smallest absolute Gasteiger partial charge is 0.351 e. The van der Waals surface area contributed by atoms with E-state index in [1.807, 2.05) is 30.3 Å². The summed E-state index contributed by atoms with van der Waals surface area (Å²) in [6.07, 6.45) is 0. The van der Waals surface area contributed by atoms with Gasteiger partial charge in [-0.15, -0.1) is 0 Å². The van der Waals surface area contributed by atoms with E-state index in [1.54, 1.807) is 0 Å². The summed E-state index contributed by atoms with van der Waals surface area (Å²) < 4.78 is 2.24. The molecule has 34 heavy (non-hydrogen) atoms. The molecule has 0 fully saturated rings. The van der Waals surface area contributed by atoms with Gasteiger partial charge in [0.2, 0.25) is 11.9 Å². The number of carbonyl (C=O) groups is 1. The van der Waals surface area contributed by atoms with Gasteiger partial charge in [-0.2, -0.15) is 9.97 Å². The number of nitrogens with zero attached hydrogens (tertiary/aromatic N) is 3. The molecule has 0 aliphatic carbocycles. The number of aromatic amines is 1. The van der Waals surface area contributed by atoms with E-state index in [2.05, 4.69) is 49.2 Å². The van der Waals surface area contributed by atoms with Gasteiger partial charge in [0, 0.05) is 39.7 Å². The number of nitrogens with one attached hydrogen (secondary N) is 3. The highest BCUT2D eigenvalue weighted by Crippen LogP contribution is 2.31. The summed E-state index contributed by atoms with van der Waals surface area (Å²) in [6.45, 7) is 2.94. The molecular formula is C24H20N6O4. The van der Waals surface area contributed by atoms with Gasteiger partial charge >= 0.3 is 11.7 Å². The number of aromatic hydroxyl groups is 1. The lowest BCUT2D eigenvalue weighted by molar-refractivity contribution is 0.0694. The Kier molecular flexibility index (Phi) is 5.09. The van der Waals surface area contributed by atoms with Crippen LogP contribution in [-0.2, 0) is 6.54 Å². The second-order valence-corrected chi connectivity index (χ2v) is 7.61. The number of fused-ring (bicyclic) bond motifs is 3. The van der Waals surface area contributed by atoms with Gasteiger partial charge in [-0.05, 0) is 49.4 Å². The van der Waals surface area contributed by atoms with Gasteiger partial charge < -0.3 is 25.4 Å². The Bertz CT molecular complexity index is 1620. The predicted molar refractivity (Wildman–Crippen MR) is 129 cm³/mol. The highest BCUT2D eigenvalue weighted by molar-refractivity contribution is 6.09. The summed E-state index contributed by atoms with van der Waals surface area (Å²) in [7, 11) is 0. The van der Waals surface area contributed by atoms with Crippen LogP contribution in [0.4, 0.5) is 23.3 Å². The highest BCUT2D eigenvalue weighted by Gasteiger charge is 2.13. The summed E-state index contributed by atoms with van der Waals surface area (Å²) in [5.41, 5.74) is 2.36. The lowest BCUT2D eigenvalue weighted by Crippen LogP contribution is -2.16. The Morgan fingerprint density at radius 1 is 0.971 bits per heavy atom. The number of aromatic nitrogens is 4. The Balaban J connectivity index is 1.48. The summed E-state index contributed by atoms with van der Waals surface area (Å²) in [5, 5.41) is 27.0. The molecule has 0 unspecified atom stereocenters. The average Bonchev–Trinajstić information content (AvgIpc) is 3.13. The molecule has 5 N–H and O–H groups in total. The molecule has 170 valence electrons. The normalized spacial score (nSPS) is 11.1. The molecule has 0 aliphatic rings. The van der Waals surface area contributed by atoms with Crippen molar-refractivity contribution in [3.05, 3.63) is 76.7 Å². The number of anilines is 4. The molecule has 0 bridgehead atoms. The number of carboxylic acid groups (broad SMARTS) is 1. The molecule has 5 aromatic rings. The lowest BCUT2D eigenvalue weighted by Gasteiger charge is -2.09. The van der Waals surface area contributed by atoms with Gasteiger partial charge in [-0.3, -0.25) is 4.98 Å². The monoisotopic (exact) mass is 456 g/mol. The topological polar surface area (TPSA) is 145 Å². The molecule has 2 heterocycles. The first-order chi connectivity index (χ1) is 16.4. The summed E-state index contributed by atoms with van der Waals surface area (Å²) in [5.74, 6) is -1.51. The minimum absolute atomic E-state index is 0.0631. The van der Waals surface area contributed by atoms with E-state index in [9.17, 15) is 19.8 Å². The molecule has 0 amide bonds. The van der Waals surface area contributed by atoms with Crippen molar-refractivity contribution in [2.45, 2.75) is 13.5 Å². The predicted octanol–water partition coefficient (Wildman–Crippen LogP) is 4.18. The molecule has 0 spiro atoms. The first kappa shape index (κ1) is 21.0. The molecular weight excluding hydrogens is 436 g/mol. The third-order valence-corrected chi connectivity index (χ3v) is 5.48. The van der Waals surface area contributed by atoms with Crippen LogP contribution < -0.4 is 16.3 Å². The fourth-order valence-electron chi connectivity index (χ4n) is 4.02. The molecule has 5 rings (SSSR count). The van der Waals surface area contributed by atoms with Gasteiger partial charge in [0.1, 0.15) is 11.3 Å². The summed E-state index contributed by atoms with van der Waals surface area (Å²) >= 11 is 0. The van der Waals surface area contributed by atoms with Crippen molar-refractivity contribution in [3.8, 4) is 5.75 Å². The van der Waals surface area contributed by atoms with Crippen molar-refractivity contribution >= 4 is 51.0 Å². The number of phenols is 1. The summed E-state index contributed by atoms with van der Waals surface area (Å²) in [4.78, 5) is 34.0. The number of hydrogen-bond donors (Lipinski definition) is 5. The van der Waals surface area contributed by atoms with E-state index in [4.69, 9.17) is 0 Å². The van der Waals surface area contributed by atoms with Gasteiger partial charge in [0.15, 0.2) is 0 Å². The molecule has 2 aromatic heterocycles. The third-order valence-electron chi connectivity index (χ3n) is 5.48. The number of aryl methyl sites for hydroxylation is 1. The van der Waals surface area contributed by atoms with Crippen LogP contribution in [0.1, 0.15) is 17.3 Å². The Hall–Kier alpha value is -4.86. The first-order valence-electron chi connectivity index (χ1n) is 10.5. The van der Waals surface area contributed by atoms with E-state index in [1.165, 1.54) is 18.2 Å². The standard InChI is InChI=1S/C24H20N6O4/c1-2-30-18-6-4-3-5-15(18)16-11-13(7-9-19(16)30)25-22-27-23(29-24(34)28-22)26-14-8-10-20(31)17(12-14)21(32)33/h3-12,31H,2H2,1H3,(H,32,33)(H3,25,26,27,28,29,34). The van der Waals surface area contributed by atoms with Crippen molar-refractivity contribution in [1.82, 2.24) is 19.5 Å². The maximum Gasteiger partial charge on any atom is 0.351 e. The number of para-hydroxylation sites is 1. The Labute approximate surface area is 192 Å². The molecule has 0 saturated heterocycles. The maximum atomic E-state index is 12.1. The Morgan fingerprint density at radius 3 is 2.50 bits per heavy atom. The third kappa shape index (κ3) is 3.77. The van der Waals surface area contributed by atoms with Gasteiger partial charge in [-0.25, -0.2) is 9.59 Å². The van der Waals surface area contributed by atoms with Crippen molar-refractivity contribution in [1.29, 1.82) is 0 Å². The van der Waals surface area contributed by atoms with Crippen LogP contribution in [0.5, 0.6) is 5.75 Å². The second-order valence-electron chi connectivity index (χ2n) is 7.61. The van der Waals surface area contributed by atoms with E-state index in [-0.39, 0.29) is 23.2 Å². The number of carboxylic acids is 1. The molecule has 0 radical (unpaired) electrons. The van der Waals surface area contributed by atoms with Crippen LogP contribution in [0.3, 0.4) is 0 Å². The fraction of sp³-hybridized carbons (Fsp3) is 0.0833. The van der Waals surface area contributed by atoms with E-state index in [0.717, 1.165) is 28.4 Å². The molecule has 0 aliphatic heterocycles. The zero-order valence-electron chi connectivity index (χ0n) is 18.0. The lowest BCUT2D eigenvalue weighted by atomic mass is 10.1. The van der Waals surface area contributed by atoms with Gasteiger partial charge in [0.05, 0.1) is 0 Å². The van der Waals surface area contributed by atoms with Gasteiger partial charge in [0.25, 0.3) is 0 Å². The molecule has 3 aromatic carbocycles. The van der Waals surface area contributed by atoms with Gasteiger partial charge in [-0.1, -0.05) is 18.2 Å². The number of rotatable bonds is 6. The van der Waals surface area contributed by atoms with E-state index < -0.39 is 11.7 Å². The van der Waals surface area contributed by atoms with Crippen LogP contribution >= 0.6 is 0 Å². The zero-order valence-corrected chi connectivity index (χ0v) is 18.0. The minimum atomic E-state index is -1.28. The fourth-order valence-corrected chi connectivity index (χ4v) is 4.02. The van der Waals surface area contributed by atoms with Crippen LogP contribution in [0.15, 0.2) is 65.5 Å². The number of H-pyrrole nitrogens is 1. The maximum absolute atomic E-state index is 12.1. The number of aromatic carboxylic acids is 1. The van der Waals surface area contributed by atoms with E-state index in [0.29, 0.717) is 11.4 Å². The molecule has 10 nitrogen and oxygen atoms in total. The van der Waals surface area contributed by atoms with Crippen molar-refractivity contribution < 1.29 is 15.0 Å². The van der Waals surface area contributed by atoms with Crippen LogP contribution in [0.2, 0.25) is 0 Å². The van der Waals surface area contributed by atoms with Crippen molar-refractivity contribution in [2.75, 3.05) is 10.6 Å². The minimum Gasteiger partial charge on any atom is -0.507 e. The van der Waals surface area contributed by atoms with E-state index >= 15 is 0 Å². The van der Waals surface area contributed by atoms with Crippen molar-refractivity contribution in [2.24, 2.45) is 0 Å². The SMILES string of the molecule is CCn1c2ccccc2c2cc(Nc3nc(Nc4ccc(O)c(C(=O)O)c4)[nH]c(=O)n3)ccc21. The molecule has 0 saturated carbocycles. The first-order valence-corrected chi connectivity index (χ1v) is 10.5. The average molecular weight is 456 g/mol. The number of hydrogen-bond acceptors (Lipinski definition) is 7. The van der Waals surface area contributed by atoms with Crippen LogP contribution in [0.25, 0.3) is 21.8 Å². The quantitative estimate of drug-likeness (QED) is 0.239. The number of benzene rings is 3. The summed E-state index contributed by atoms with van der Waals surface area (Å²) in [6, 6.07) is 18.0. The largest absolute Gasteiger partial charge is 0.507 e. The highest BCUT2D eigenvalue weighted by atomic mass is 16.4. The van der Waals surface area contributed by atoms with Crippen molar-refractivity contribution in [3.63, 3.8) is 0 Å². The second kappa shape index (κ2) is 8.24. The Morgan fingerprint density at radius 2 is 1.71 bits per heavy atom. The van der Waals surface area contributed by atoms with Crippen LogP contribution in [0, 0.1) is 0 Å². The van der Waals surface area contributed by atoms with Crippen LogP contribution in [-0.4, -0.2) is 35.7 Å². The molecule has 0 atom stereocenters. The zero-order chi connectivity index (χ0) is 23.8. The molecule has 10 heteroatoms.